The molecule has 1 fully saturated rings. The fraction of sp³-hybridized carbons (Fsp3) is 0.621. The van der Waals surface area contributed by atoms with Crippen molar-refractivity contribution in [2.24, 2.45) is 0 Å². The summed E-state index contributed by atoms with van der Waals surface area (Å²) in [6, 6.07) is 6.88. The quantitative estimate of drug-likeness (QED) is 0.110. The molecular weight excluding hydrogens is 426 g/mol. The first kappa shape index (κ1) is 27.8. The van der Waals surface area contributed by atoms with Crippen LogP contribution in [0, 0.1) is 0 Å². The Morgan fingerprint density at radius 2 is 1.29 bits per heavy atom. The van der Waals surface area contributed by atoms with Crippen LogP contribution in [0.15, 0.2) is 36.0 Å². The lowest BCUT2D eigenvalue weighted by Gasteiger charge is -2.12. The molecule has 1 aliphatic rings. The second kappa shape index (κ2) is 17.1. The van der Waals surface area contributed by atoms with E-state index in [2.05, 4.69) is 12.2 Å². The van der Waals surface area contributed by atoms with E-state index in [1.165, 1.54) is 76.8 Å². The Morgan fingerprint density at radius 1 is 0.794 bits per heavy atom. The summed E-state index contributed by atoms with van der Waals surface area (Å²) in [6.45, 7) is 2.71. The molecule has 0 aromatic heterocycles. The van der Waals surface area contributed by atoms with Gasteiger partial charge in [-0.2, -0.15) is 0 Å². The summed E-state index contributed by atoms with van der Waals surface area (Å²) in [4.78, 5) is 35.9. The molecule has 1 aromatic carbocycles. The smallest absolute Gasteiger partial charge is 0.338 e. The van der Waals surface area contributed by atoms with Crippen molar-refractivity contribution in [3.8, 4) is 0 Å². The standard InChI is InChI=1S/C29H43NO4/c1-2-3-4-5-6-7-8-9-10-11-12-13-14-22-34-29(33)24-18-20-25(21-19-24)30-23-26-27(31)16-15-17-28(26)32/h18-21,23,30H,2-17,22H2,1H3. The highest BCUT2D eigenvalue weighted by atomic mass is 16.5. The van der Waals surface area contributed by atoms with Gasteiger partial charge in [0.2, 0.25) is 0 Å². The van der Waals surface area contributed by atoms with Crippen molar-refractivity contribution in [3.63, 3.8) is 0 Å². The topological polar surface area (TPSA) is 72.5 Å². The van der Waals surface area contributed by atoms with Gasteiger partial charge in [-0.25, -0.2) is 4.79 Å². The molecular formula is C29H43NO4. The molecule has 5 nitrogen and oxygen atoms in total. The molecule has 0 radical (unpaired) electrons. The zero-order valence-corrected chi connectivity index (χ0v) is 21.0. The van der Waals surface area contributed by atoms with Crippen LogP contribution in [0.5, 0.6) is 0 Å². The molecule has 188 valence electrons. The van der Waals surface area contributed by atoms with Crippen LogP contribution >= 0.6 is 0 Å². The van der Waals surface area contributed by atoms with E-state index in [9.17, 15) is 14.4 Å². The minimum atomic E-state index is -0.318. The van der Waals surface area contributed by atoms with E-state index < -0.39 is 0 Å². The first-order chi connectivity index (χ1) is 16.6. The number of rotatable bonds is 17. The van der Waals surface area contributed by atoms with Gasteiger partial charge in [-0.1, -0.05) is 84.0 Å². The molecule has 0 heterocycles. The second-order valence-electron chi connectivity index (χ2n) is 9.36. The van der Waals surface area contributed by atoms with Crippen molar-refractivity contribution < 1.29 is 19.1 Å². The average molecular weight is 470 g/mol. The monoisotopic (exact) mass is 469 g/mol. The van der Waals surface area contributed by atoms with Crippen LogP contribution in [-0.4, -0.2) is 24.1 Å². The largest absolute Gasteiger partial charge is 0.462 e. The Hall–Kier alpha value is -2.43. The van der Waals surface area contributed by atoms with Gasteiger partial charge in [-0.3, -0.25) is 9.59 Å². The number of anilines is 1. The summed E-state index contributed by atoms with van der Waals surface area (Å²) in [5.41, 5.74) is 1.44. The molecule has 1 N–H and O–H groups in total. The Balaban J connectivity index is 1.51. The summed E-state index contributed by atoms with van der Waals surface area (Å²) < 4.78 is 5.39. The van der Waals surface area contributed by atoms with Gasteiger partial charge in [0.25, 0.3) is 0 Å². The van der Waals surface area contributed by atoms with E-state index >= 15 is 0 Å². The van der Waals surface area contributed by atoms with Crippen LogP contribution in [0.25, 0.3) is 0 Å². The van der Waals surface area contributed by atoms with Gasteiger partial charge >= 0.3 is 5.97 Å². The van der Waals surface area contributed by atoms with Gasteiger partial charge in [0.15, 0.2) is 11.6 Å². The van der Waals surface area contributed by atoms with Crippen molar-refractivity contribution in [2.75, 3.05) is 11.9 Å². The first-order valence-electron chi connectivity index (χ1n) is 13.4. The minimum absolute atomic E-state index is 0.114. The molecule has 0 unspecified atom stereocenters. The number of benzene rings is 1. The van der Waals surface area contributed by atoms with Crippen molar-refractivity contribution in [3.05, 3.63) is 41.6 Å². The highest BCUT2D eigenvalue weighted by Crippen LogP contribution is 2.18. The molecule has 0 aliphatic heterocycles. The normalized spacial score (nSPS) is 13.7. The predicted molar refractivity (Wildman–Crippen MR) is 138 cm³/mol. The summed E-state index contributed by atoms with van der Waals surface area (Å²) >= 11 is 0. The molecule has 0 saturated heterocycles. The van der Waals surface area contributed by atoms with Crippen molar-refractivity contribution in [1.82, 2.24) is 0 Å². The van der Waals surface area contributed by atoms with Crippen LogP contribution in [0.1, 0.15) is 120 Å². The fourth-order valence-corrected chi connectivity index (χ4v) is 4.22. The molecule has 34 heavy (non-hydrogen) atoms. The minimum Gasteiger partial charge on any atom is -0.462 e. The SMILES string of the molecule is CCCCCCCCCCCCCCCOC(=O)c1ccc(NC=C2C(=O)CCCC2=O)cc1. The highest BCUT2D eigenvalue weighted by molar-refractivity contribution is 6.21. The van der Waals surface area contributed by atoms with Gasteiger partial charge in [0.05, 0.1) is 17.7 Å². The van der Waals surface area contributed by atoms with E-state index in [1.807, 2.05) is 0 Å². The van der Waals surface area contributed by atoms with E-state index in [-0.39, 0.29) is 23.1 Å². The van der Waals surface area contributed by atoms with Crippen molar-refractivity contribution >= 4 is 23.2 Å². The third kappa shape index (κ3) is 11.1. The van der Waals surface area contributed by atoms with Crippen LogP contribution in [0.2, 0.25) is 0 Å². The number of hydrogen-bond donors (Lipinski definition) is 1. The number of carbonyl (C=O) groups is 3. The molecule has 5 heteroatoms. The maximum atomic E-state index is 12.2. The van der Waals surface area contributed by atoms with E-state index in [4.69, 9.17) is 4.74 Å². The predicted octanol–water partition coefficient (Wildman–Crippen LogP) is 7.55. The molecule has 1 aromatic rings. The van der Waals surface area contributed by atoms with Crippen LogP contribution in [-0.2, 0) is 14.3 Å². The van der Waals surface area contributed by atoms with Gasteiger partial charge in [-0.15, -0.1) is 0 Å². The Bertz CT molecular complexity index is 764. The molecule has 0 spiro atoms. The third-order valence-electron chi connectivity index (χ3n) is 6.39. The van der Waals surface area contributed by atoms with E-state index in [1.54, 1.807) is 24.3 Å². The van der Waals surface area contributed by atoms with Crippen LogP contribution in [0.3, 0.4) is 0 Å². The lowest BCUT2D eigenvalue weighted by Crippen LogP contribution is -2.19. The molecule has 0 amide bonds. The number of carbonyl (C=O) groups excluding carboxylic acids is 3. The van der Waals surface area contributed by atoms with Crippen molar-refractivity contribution in [2.45, 2.75) is 110 Å². The van der Waals surface area contributed by atoms with Gasteiger partial charge < -0.3 is 10.1 Å². The van der Waals surface area contributed by atoms with Gasteiger partial charge in [0.1, 0.15) is 0 Å². The number of ether oxygens (including phenoxy) is 1. The zero-order chi connectivity index (χ0) is 24.4. The highest BCUT2D eigenvalue weighted by Gasteiger charge is 2.22. The fourth-order valence-electron chi connectivity index (χ4n) is 4.22. The van der Waals surface area contributed by atoms with E-state index in [0.717, 1.165) is 12.8 Å². The molecule has 0 atom stereocenters. The number of unbranched alkanes of at least 4 members (excludes halogenated alkanes) is 12. The summed E-state index contributed by atoms with van der Waals surface area (Å²) in [7, 11) is 0. The summed E-state index contributed by atoms with van der Waals surface area (Å²) in [5, 5.41) is 2.98. The third-order valence-corrected chi connectivity index (χ3v) is 6.39. The maximum Gasteiger partial charge on any atom is 0.338 e. The number of ketones is 2. The number of allylic oxidation sites excluding steroid dienone is 1. The molecule has 1 aliphatic carbocycles. The number of hydrogen-bond acceptors (Lipinski definition) is 5. The number of esters is 1. The molecule has 2 rings (SSSR count). The van der Waals surface area contributed by atoms with Gasteiger partial charge in [-0.05, 0) is 37.1 Å². The number of Topliss-reactive ketones (excluding diaryl/α,β-unsaturated/α-hetero) is 2. The Kier molecular flexibility index (Phi) is 14.0. The molecule has 0 bridgehead atoms. The van der Waals surface area contributed by atoms with Crippen molar-refractivity contribution in [1.29, 1.82) is 0 Å². The Labute approximate surface area is 205 Å². The lowest BCUT2D eigenvalue weighted by atomic mass is 9.93. The van der Waals surface area contributed by atoms with Crippen LogP contribution in [0.4, 0.5) is 5.69 Å². The maximum absolute atomic E-state index is 12.2. The van der Waals surface area contributed by atoms with Crippen LogP contribution < -0.4 is 5.32 Å². The summed E-state index contributed by atoms with van der Waals surface area (Å²) in [6.07, 6.45) is 19.7. The van der Waals surface area contributed by atoms with E-state index in [0.29, 0.717) is 37.1 Å². The Morgan fingerprint density at radius 3 is 1.82 bits per heavy atom. The lowest BCUT2D eigenvalue weighted by molar-refractivity contribution is -0.123. The zero-order valence-electron chi connectivity index (χ0n) is 21.0. The molecule has 1 saturated carbocycles. The number of nitrogens with one attached hydrogen (secondary N) is 1. The average Bonchev–Trinajstić information content (AvgIpc) is 2.84. The van der Waals surface area contributed by atoms with Gasteiger partial charge in [0, 0.05) is 24.7 Å². The summed E-state index contributed by atoms with van der Waals surface area (Å²) in [5.74, 6) is -0.546. The second-order valence-corrected chi connectivity index (χ2v) is 9.36. The first-order valence-corrected chi connectivity index (χ1v) is 13.4.